The zero-order valence-corrected chi connectivity index (χ0v) is 19.1. The molecule has 0 aliphatic carbocycles. The van der Waals surface area contributed by atoms with E-state index < -0.39 is 22.5 Å². The summed E-state index contributed by atoms with van der Waals surface area (Å²) in [5.74, 6) is -0.338. The highest BCUT2D eigenvalue weighted by molar-refractivity contribution is 7.93. The van der Waals surface area contributed by atoms with Crippen molar-refractivity contribution in [2.45, 2.75) is 11.8 Å². The molecule has 1 amide bonds. The Hall–Kier alpha value is -2.74. The van der Waals surface area contributed by atoms with Gasteiger partial charge in [-0.1, -0.05) is 29.3 Å². The van der Waals surface area contributed by atoms with E-state index in [9.17, 15) is 13.2 Å². The first-order valence-electron chi connectivity index (χ1n) is 9.19. The number of nitrogens with one attached hydrogen (secondary N) is 1. The molecule has 31 heavy (non-hydrogen) atoms. The van der Waals surface area contributed by atoms with Crippen molar-refractivity contribution in [3.8, 4) is 5.75 Å². The molecule has 6 nitrogen and oxygen atoms in total. The van der Waals surface area contributed by atoms with Gasteiger partial charge >= 0.3 is 0 Å². The quantitative estimate of drug-likeness (QED) is 0.509. The fraction of sp³-hybridized carbons (Fsp3) is 0.136. The molecule has 0 aliphatic heterocycles. The Morgan fingerprint density at radius 1 is 0.968 bits per heavy atom. The Kier molecular flexibility index (Phi) is 7.10. The van der Waals surface area contributed by atoms with Crippen LogP contribution in [0.25, 0.3) is 0 Å². The zero-order valence-electron chi connectivity index (χ0n) is 16.8. The van der Waals surface area contributed by atoms with Crippen molar-refractivity contribution in [2.75, 3.05) is 23.3 Å². The lowest BCUT2D eigenvalue weighted by atomic mass is 10.2. The zero-order chi connectivity index (χ0) is 22.6. The molecule has 0 atom stereocenters. The Morgan fingerprint density at radius 3 is 2.13 bits per heavy atom. The van der Waals surface area contributed by atoms with Crippen molar-refractivity contribution >= 4 is 50.5 Å². The van der Waals surface area contributed by atoms with Gasteiger partial charge in [0.25, 0.3) is 10.0 Å². The summed E-state index contributed by atoms with van der Waals surface area (Å²) in [6, 6.07) is 17.5. The number of aryl methyl sites for hydroxylation is 1. The van der Waals surface area contributed by atoms with E-state index in [1.807, 2.05) is 0 Å². The van der Waals surface area contributed by atoms with Crippen molar-refractivity contribution in [1.82, 2.24) is 0 Å². The van der Waals surface area contributed by atoms with Crippen LogP contribution < -0.4 is 14.4 Å². The number of sulfonamides is 1. The summed E-state index contributed by atoms with van der Waals surface area (Å²) in [4.78, 5) is 12.7. The van der Waals surface area contributed by atoms with E-state index in [-0.39, 0.29) is 10.6 Å². The molecule has 1 N–H and O–H groups in total. The summed E-state index contributed by atoms with van der Waals surface area (Å²) in [7, 11) is -2.75. The van der Waals surface area contributed by atoms with Gasteiger partial charge in [0.15, 0.2) is 0 Å². The lowest BCUT2D eigenvalue weighted by molar-refractivity contribution is -0.114. The Balaban J connectivity index is 2.00. The van der Waals surface area contributed by atoms with E-state index in [0.717, 1.165) is 9.87 Å². The number of amides is 1. The van der Waals surface area contributed by atoms with E-state index in [1.165, 1.54) is 25.3 Å². The normalized spacial score (nSPS) is 11.1. The Morgan fingerprint density at radius 2 is 1.55 bits per heavy atom. The molecule has 0 saturated heterocycles. The predicted octanol–water partition coefficient (Wildman–Crippen LogP) is 5.14. The second-order valence-corrected chi connectivity index (χ2v) is 9.40. The number of anilines is 2. The number of carbonyl (C=O) groups is 1. The molecule has 0 spiro atoms. The molecule has 0 unspecified atom stereocenters. The fourth-order valence-corrected chi connectivity index (χ4v) is 4.81. The van der Waals surface area contributed by atoms with Gasteiger partial charge in [0.1, 0.15) is 17.2 Å². The highest BCUT2D eigenvalue weighted by atomic mass is 35.5. The second kappa shape index (κ2) is 9.60. The maximum absolute atomic E-state index is 13.6. The molecule has 0 saturated carbocycles. The fourth-order valence-electron chi connectivity index (χ4n) is 2.89. The third-order valence-corrected chi connectivity index (χ3v) is 6.72. The van der Waals surface area contributed by atoms with Gasteiger partial charge in [0, 0.05) is 15.7 Å². The first kappa shape index (κ1) is 22.9. The van der Waals surface area contributed by atoms with Crippen LogP contribution in [0, 0.1) is 6.92 Å². The number of nitrogens with zero attached hydrogens (tertiary/aromatic N) is 1. The number of carbonyl (C=O) groups excluding carboxylic acids is 1. The number of rotatable bonds is 7. The Labute approximate surface area is 191 Å². The lowest BCUT2D eigenvalue weighted by Gasteiger charge is -2.25. The SMILES string of the molecule is COc1ccc(C)cc1S(=O)(=O)N(CC(=O)Nc1ccc(Cl)cc1)c1ccc(Cl)cc1. The highest BCUT2D eigenvalue weighted by Gasteiger charge is 2.30. The van der Waals surface area contributed by atoms with E-state index in [0.29, 0.717) is 21.4 Å². The van der Waals surface area contributed by atoms with Crippen LogP contribution in [0.3, 0.4) is 0 Å². The summed E-state index contributed by atoms with van der Waals surface area (Å²) in [5, 5.41) is 3.65. The highest BCUT2D eigenvalue weighted by Crippen LogP contribution is 2.31. The topological polar surface area (TPSA) is 75.7 Å². The number of ether oxygens (including phenoxy) is 1. The van der Waals surface area contributed by atoms with Gasteiger partial charge in [-0.15, -0.1) is 0 Å². The molecule has 0 fully saturated rings. The molecule has 3 rings (SSSR count). The summed E-state index contributed by atoms with van der Waals surface area (Å²) in [5.41, 5.74) is 1.52. The monoisotopic (exact) mass is 478 g/mol. The molecular weight excluding hydrogens is 459 g/mol. The van der Waals surface area contributed by atoms with Gasteiger partial charge in [-0.2, -0.15) is 0 Å². The third kappa shape index (κ3) is 5.50. The van der Waals surface area contributed by atoms with Gasteiger partial charge in [-0.05, 0) is 73.2 Å². The van der Waals surface area contributed by atoms with Crippen LogP contribution in [0.1, 0.15) is 5.56 Å². The van der Waals surface area contributed by atoms with E-state index in [1.54, 1.807) is 55.5 Å². The average molecular weight is 479 g/mol. The van der Waals surface area contributed by atoms with Crippen molar-refractivity contribution in [3.63, 3.8) is 0 Å². The van der Waals surface area contributed by atoms with E-state index >= 15 is 0 Å². The van der Waals surface area contributed by atoms with Crippen molar-refractivity contribution in [2.24, 2.45) is 0 Å². The Bertz CT molecular complexity index is 1180. The number of methoxy groups -OCH3 is 1. The van der Waals surface area contributed by atoms with Crippen LogP contribution in [-0.2, 0) is 14.8 Å². The van der Waals surface area contributed by atoms with Crippen molar-refractivity contribution < 1.29 is 17.9 Å². The molecular formula is C22H20Cl2N2O4S. The maximum atomic E-state index is 13.6. The maximum Gasteiger partial charge on any atom is 0.268 e. The van der Waals surface area contributed by atoms with Gasteiger partial charge in [0.2, 0.25) is 5.91 Å². The van der Waals surface area contributed by atoms with Gasteiger partial charge in [-0.3, -0.25) is 9.10 Å². The largest absolute Gasteiger partial charge is 0.495 e. The molecule has 162 valence electrons. The molecule has 0 heterocycles. The minimum Gasteiger partial charge on any atom is -0.495 e. The number of hydrogen-bond donors (Lipinski definition) is 1. The van der Waals surface area contributed by atoms with Gasteiger partial charge in [-0.25, -0.2) is 8.42 Å². The first-order valence-corrected chi connectivity index (χ1v) is 11.4. The molecule has 0 bridgehead atoms. The van der Waals surface area contributed by atoms with Crippen molar-refractivity contribution in [1.29, 1.82) is 0 Å². The number of halogens is 2. The predicted molar refractivity (Wildman–Crippen MR) is 124 cm³/mol. The van der Waals surface area contributed by atoms with Crippen LogP contribution in [0.2, 0.25) is 10.0 Å². The van der Waals surface area contributed by atoms with Crippen LogP contribution in [0.4, 0.5) is 11.4 Å². The molecule has 0 aliphatic rings. The molecule has 3 aromatic rings. The first-order chi connectivity index (χ1) is 14.7. The molecule has 0 aromatic heterocycles. The summed E-state index contributed by atoms with van der Waals surface area (Å²) in [6.45, 7) is 1.32. The van der Waals surface area contributed by atoms with Gasteiger partial charge < -0.3 is 10.1 Å². The average Bonchev–Trinajstić information content (AvgIpc) is 2.74. The van der Waals surface area contributed by atoms with Gasteiger partial charge in [0.05, 0.1) is 12.8 Å². The van der Waals surface area contributed by atoms with Crippen LogP contribution >= 0.6 is 23.2 Å². The standard InChI is InChI=1S/C22H20Cl2N2O4S/c1-15-3-12-20(30-2)21(13-15)31(28,29)26(19-10-6-17(24)7-11-19)14-22(27)25-18-8-4-16(23)5-9-18/h3-13H,14H2,1-2H3,(H,25,27). The third-order valence-electron chi connectivity index (χ3n) is 4.42. The summed E-state index contributed by atoms with van der Waals surface area (Å²) >= 11 is 11.8. The van der Waals surface area contributed by atoms with Crippen molar-refractivity contribution in [3.05, 3.63) is 82.3 Å². The smallest absolute Gasteiger partial charge is 0.268 e. The van der Waals surface area contributed by atoms with E-state index in [2.05, 4.69) is 5.32 Å². The second-order valence-electron chi connectivity index (χ2n) is 6.70. The number of benzene rings is 3. The van der Waals surface area contributed by atoms with Crippen LogP contribution in [0.5, 0.6) is 5.75 Å². The van der Waals surface area contributed by atoms with E-state index in [4.69, 9.17) is 27.9 Å². The summed E-state index contributed by atoms with van der Waals surface area (Å²) < 4.78 is 33.5. The van der Waals surface area contributed by atoms with Crippen LogP contribution in [-0.4, -0.2) is 28.0 Å². The number of hydrogen-bond acceptors (Lipinski definition) is 4. The minimum absolute atomic E-state index is 0.0377. The summed E-state index contributed by atoms with van der Waals surface area (Å²) in [6.07, 6.45) is 0. The minimum atomic E-state index is -4.14. The molecule has 3 aromatic carbocycles. The molecule has 0 radical (unpaired) electrons. The van der Waals surface area contributed by atoms with Crippen LogP contribution in [0.15, 0.2) is 71.6 Å². The molecule has 9 heteroatoms. The lowest BCUT2D eigenvalue weighted by Crippen LogP contribution is -2.38.